The van der Waals surface area contributed by atoms with Gasteiger partial charge in [-0.1, -0.05) is 13.0 Å². The van der Waals surface area contributed by atoms with Crippen molar-refractivity contribution in [3.8, 4) is 0 Å². The van der Waals surface area contributed by atoms with Gasteiger partial charge < -0.3 is 5.84 Å². The van der Waals surface area contributed by atoms with Crippen molar-refractivity contribution in [1.82, 2.24) is 9.89 Å². The standard InChI is InChI=1S/C10H14F3N3/c1-4-7-6(3)15-16(14)9(7)8(5-2)10(11,12)13/h4H,5,14H2,1-3H3/b7-4-,9-8-. The molecular weight excluding hydrogens is 219 g/mol. The molecule has 0 aromatic carbocycles. The molecule has 0 bridgehead atoms. The lowest BCUT2D eigenvalue weighted by Crippen LogP contribution is -2.39. The second-order valence-corrected chi connectivity index (χ2v) is 3.41. The van der Waals surface area contributed by atoms with Gasteiger partial charge in [0.15, 0.2) is 0 Å². The Balaban J connectivity index is 3.83. The summed E-state index contributed by atoms with van der Waals surface area (Å²) in [4.78, 5) is 0.803. The van der Waals surface area contributed by atoms with Crippen molar-refractivity contribution in [2.45, 2.75) is 33.4 Å². The highest BCUT2D eigenvalue weighted by Crippen LogP contribution is 2.27. The Hall–Kier alpha value is -1.46. The average molecular weight is 233 g/mol. The van der Waals surface area contributed by atoms with Gasteiger partial charge in [-0.15, -0.1) is 0 Å². The van der Waals surface area contributed by atoms with E-state index in [4.69, 9.17) is 5.84 Å². The lowest BCUT2D eigenvalue weighted by atomic mass is 10.1. The minimum atomic E-state index is -4.38. The van der Waals surface area contributed by atoms with Crippen molar-refractivity contribution < 1.29 is 13.2 Å². The van der Waals surface area contributed by atoms with Gasteiger partial charge in [-0.05, 0) is 20.3 Å². The highest BCUT2D eigenvalue weighted by atomic mass is 19.4. The molecule has 0 aliphatic carbocycles. The lowest BCUT2D eigenvalue weighted by Gasteiger charge is -2.08. The van der Waals surface area contributed by atoms with Crippen LogP contribution in [0, 0.1) is 6.92 Å². The molecular formula is C10H14F3N3. The van der Waals surface area contributed by atoms with Gasteiger partial charge in [-0.3, -0.25) is 0 Å². The van der Waals surface area contributed by atoms with Crippen LogP contribution in [-0.2, 0) is 0 Å². The van der Waals surface area contributed by atoms with Gasteiger partial charge in [0, 0.05) is 5.22 Å². The third-order valence-corrected chi connectivity index (χ3v) is 2.40. The van der Waals surface area contributed by atoms with E-state index in [0.717, 1.165) is 4.79 Å². The van der Waals surface area contributed by atoms with E-state index in [2.05, 4.69) is 5.10 Å². The van der Waals surface area contributed by atoms with Crippen LogP contribution in [0.25, 0.3) is 11.6 Å². The fraction of sp³-hybridized carbons (Fsp3) is 0.500. The summed E-state index contributed by atoms with van der Waals surface area (Å²) < 4.78 is 38.3. The number of hydrogen-bond donors (Lipinski definition) is 1. The maximum absolute atomic E-state index is 12.8. The molecule has 0 unspecified atom stereocenters. The predicted octanol–water partition coefficient (Wildman–Crippen LogP) is 0.829. The fourth-order valence-corrected chi connectivity index (χ4v) is 1.71. The van der Waals surface area contributed by atoms with Gasteiger partial charge in [0.25, 0.3) is 0 Å². The number of halogens is 3. The first kappa shape index (κ1) is 12.6. The van der Waals surface area contributed by atoms with E-state index >= 15 is 0 Å². The van der Waals surface area contributed by atoms with Crippen molar-refractivity contribution in [2.24, 2.45) is 0 Å². The largest absolute Gasteiger partial charge is 0.414 e. The highest BCUT2D eigenvalue weighted by molar-refractivity contribution is 5.49. The summed E-state index contributed by atoms with van der Waals surface area (Å²) in [7, 11) is 0. The zero-order valence-corrected chi connectivity index (χ0v) is 9.39. The molecule has 0 aliphatic heterocycles. The van der Waals surface area contributed by atoms with Crippen LogP contribution in [0.5, 0.6) is 0 Å². The molecule has 1 heterocycles. The molecule has 0 saturated heterocycles. The van der Waals surface area contributed by atoms with E-state index in [0.29, 0.717) is 10.9 Å². The Kier molecular flexibility index (Phi) is 3.30. The molecule has 2 N–H and O–H groups in total. The van der Waals surface area contributed by atoms with Crippen molar-refractivity contribution >= 4 is 11.6 Å². The van der Waals surface area contributed by atoms with Crippen molar-refractivity contribution in [3.05, 3.63) is 16.3 Å². The molecule has 0 fully saturated rings. The number of alkyl halides is 3. The van der Waals surface area contributed by atoms with Gasteiger partial charge in [-0.2, -0.15) is 23.1 Å². The summed E-state index contributed by atoms with van der Waals surface area (Å²) in [6.07, 6.45) is -2.93. The molecule has 90 valence electrons. The zero-order valence-electron chi connectivity index (χ0n) is 9.39. The van der Waals surface area contributed by atoms with Crippen molar-refractivity contribution in [3.63, 3.8) is 0 Å². The Morgan fingerprint density at radius 2 is 2.06 bits per heavy atom. The van der Waals surface area contributed by atoms with E-state index in [1.54, 1.807) is 19.9 Å². The zero-order chi connectivity index (χ0) is 12.5. The Labute approximate surface area is 91.0 Å². The van der Waals surface area contributed by atoms with E-state index in [-0.39, 0.29) is 11.8 Å². The molecule has 1 aromatic rings. The monoisotopic (exact) mass is 233 g/mol. The maximum Gasteiger partial charge on any atom is 0.414 e. The Morgan fingerprint density at radius 1 is 1.50 bits per heavy atom. The van der Waals surface area contributed by atoms with E-state index < -0.39 is 11.7 Å². The SMILES string of the molecule is C/C=c1/c(C)nn(N)/c1=C(/CC)C(F)(F)F. The molecule has 6 heteroatoms. The summed E-state index contributed by atoms with van der Waals surface area (Å²) >= 11 is 0. The van der Waals surface area contributed by atoms with Gasteiger partial charge >= 0.3 is 6.18 Å². The molecule has 1 aromatic heterocycles. The van der Waals surface area contributed by atoms with Crippen LogP contribution >= 0.6 is 0 Å². The van der Waals surface area contributed by atoms with Gasteiger partial charge in [0.1, 0.15) is 0 Å². The van der Waals surface area contributed by atoms with Crippen molar-refractivity contribution in [2.75, 3.05) is 5.84 Å². The Bertz CT molecular complexity index is 497. The van der Waals surface area contributed by atoms with Crippen LogP contribution in [0.4, 0.5) is 13.2 Å². The lowest BCUT2D eigenvalue weighted by molar-refractivity contribution is -0.0727. The molecule has 0 aliphatic rings. The second kappa shape index (κ2) is 4.19. The minimum Gasteiger partial charge on any atom is -0.323 e. The number of nitrogens with zero attached hydrogens (tertiary/aromatic N) is 2. The van der Waals surface area contributed by atoms with E-state index in [1.165, 1.54) is 6.92 Å². The minimum absolute atomic E-state index is 0.0463. The highest BCUT2D eigenvalue weighted by Gasteiger charge is 2.34. The second-order valence-electron chi connectivity index (χ2n) is 3.41. The third-order valence-electron chi connectivity index (χ3n) is 2.40. The van der Waals surface area contributed by atoms with Gasteiger partial charge in [0.2, 0.25) is 0 Å². The van der Waals surface area contributed by atoms with Crippen LogP contribution in [0.3, 0.4) is 0 Å². The van der Waals surface area contributed by atoms with Crippen LogP contribution in [0.2, 0.25) is 0 Å². The van der Waals surface area contributed by atoms with Crippen LogP contribution in [0.1, 0.15) is 26.0 Å². The first-order valence-electron chi connectivity index (χ1n) is 4.90. The molecule has 0 spiro atoms. The van der Waals surface area contributed by atoms with Crippen LogP contribution in [-0.4, -0.2) is 16.1 Å². The van der Waals surface area contributed by atoms with E-state index in [9.17, 15) is 13.2 Å². The average Bonchev–Trinajstić information content (AvgIpc) is 2.40. The molecule has 0 amide bonds. The van der Waals surface area contributed by atoms with Crippen LogP contribution in [0.15, 0.2) is 0 Å². The number of rotatable bonds is 1. The van der Waals surface area contributed by atoms with Gasteiger partial charge in [0.05, 0.1) is 16.6 Å². The van der Waals surface area contributed by atoms with Crippen LogP contribution < -0.4 is 16.4 Å². The third kappa shape index (κ3) is 2.05. The smallest absolute Gasteiger partial charge is 0.323 e. The summed E-state index contributed by atoms with van der Waals surface area (Å²) in [5, 5.41) is 4.20. The predicted molar refractivity (Wildman–Crippen MR) is 56.3 cm³/mol. The molecule has 1 rings (SSSR count). The first-order chi connectivity index (χ1) is 7.32. The number of nitrogen functional groups attached to an aromatic ring is 1. The normalized spacial score (nSPS) is 15.5. The van der Waals surface area contributed by atoms with Gasteiger partial charge in [-0.25, -0.2) is 0 Å². The number of aryl methyl sites for hydroxylation is 1. The molecule has 0 saturated carbocycles. The fourth-order valence-electron chi connectivity index (χ4n) is 1.71. The molecule has 16 heavy (non-hydrogen) atoms. The first-order valence-corrected chi connectivity index (χ1v) is 4.90. The number of hydrogen-bond acceptors (Lipinski definition) is 2. The topological polar surface area (TPSA) is 43.8 Å². The number of aromatic nitrogens is 2. The summed E-state index contributed by atoms with van der Waals surface area (Å²) in [6.45, 7) is 4.74. The van der Waals surface area contributed by atoms with Crippen molar-refractivity contribution in [1.29, 1.82) is 0 Å². The maximum atomic E-state index is 12.8. The summed E-state index contributed by atoms with van der Waals surface area (Å²) in [5.41, 5.74) is -0.154. The molecule has 3 nitrogen and oxygen atoms in total. The quantitative estimate of drug-likeness (QED) is 0.730. The Morgan fingerprint density at radius 3 is 2.44 bits per heavy atom. The summed E-state index contributed by atoms with van der Waals surface area (Å²) in [5.74, 6) is 5.46. The molecule has 0 radical (unpaired) electrons. The van der Waals surface area contributed by atoms with E-state index in [1.807, 2.05) is 0 Å². The molecule has 0 atom stereocenters. The summed E-state index contributed by atoms with van der Waals surface area (Å²) in [6, 6.07) is 0. The number of nitrogens with two attached hydrogens (primary N) is 1.